The van der Waals surface area contributed by atoms with Gasteiger partial charge in [-0.25, -0.2) is 0 Å². The van der Waals surface area contributed by atoms with Gasteiger partial charge in [-0.15, -0.1) is 0 Å². The molecule has 2 aromatic rings. The second kappa shape index (κ2) is 6.21. The van der Waals surface area contributed by atoms with Gasteiger partial charge in [-0.1, -0.05) is 24.3 Å². The van der Waals surface area contributed by atoms with E-state index in [-0.39, 0.29) is 17.2 Å². The average Bonchev–Trinajstić information content (AvgIpc) is 2.42. The lowest BCUT2D eigenvalue weighted by Crippen LogP contribution is -2.13. The van der Waals surface area contributed by atoms with E-state index in [2.05, 4.69) is 10.6 Å². The predicted octanol–water partition coefficient (Wildman–Crippen LogP) is 2.67. The Morgan fingerprint density at radius 3 is 2.70 bits per heavy atom. The zero-order valence-electron chi connectivity index (χ0n) is 11.6. The molecule has 0 atom stereocenters. The quantitative estimate of drug-likeness (QED) is 0.800. The van der Waals surface area contributed by atoms with Gasteiger partial charge in [-0.05, 0) is 43.3 Å². The van der Waals surface area contributed by atoms with Crippen LogP contribution in [0.3, 0.4) is 0 Å². The van der Waals surface area contributed by atoms with Crippen LogP contribution in [0, 0.1) is 6.92 Å². The number of amides is 1. The fraction of sp³-hybridized carbons (Fsp3) is 0.188. The number of aromatic hydroxyl groups is 1. The van der Waals surface area contributed by atoms with E-state index in [1.54, 1.807) is 25.1 Å². The van der Waals surface area contributed by atoms with Gasteiger partial charge in [-0.3, -0.25) is 4.79 Å². The zero-order valence-corrected chi connectivity index (χ0v) is 11.6. The smallest absolute Gasteiger partial charge is 0.259 e. The van der Waals surface area contributed by atoms with Crippen molar-refractivity contribution in [2.24, 2.45) is 0 Å². The molecule has 4 heteroatoms. The first-order chi connectivity index (χ1) is 9.61. The van der Waals surface area contributed by atoms with Gasteiger partial charge in [0.15, 0.2) is 0 Å². The van der Waals surface area contributed by atoms with Crippen LogP contribution in [-0.4, -0.2) is 18.1 Å². The minimum Gasteiger partial charge on any atom is -0.507 e. The summed E-state index contributed by atoms with van der Waals surface area (Å²) >= 11 is 0. The summed E-state index contributed by atoms with van der Waals surface area (Å²) in [6.45, 7) is 2.50. The van der Waals surface area contributed by atoms with Crippen molar-refractivity contribution in [1.29, 1.82) is 0 Å². The minimum absolute atomic E-state index is 0.0244. The van der Waals surface area contributed by atoms with Gasteiger partial charge in [0.2, 0.25) is 0 Å². The number of aryl methyl sites for hydroxylation is 1. The summed E-state index contributed by atoms with van der Waals surface area (Å²) in [5.41, 5.74) is 2.76. The number of benzene rings is 2. The fourth-order valence-electron chi connectivity index (χ4n) is 2.00. The Kier molecular flexibility index (Phi) is 4.38. The van der Waals surface area contributed by atoms with Crippen LogP contribution in [0.5, 0.6) is 5.75 Å². The molecule has 3 N–H and O–H groups in total. The monoisotopic (exact) mass is 270 g/mol. The summed E-state index contributed by atoms with van der Waals surface area (Å²) in [7, 11) is 1.87. The number of phenols is 1. The number of rotatable bonds is 4. The molecule has 4 nitrogen and oxygen atoms in total. The molecule has 1 amide bonds. The molecule has 0 aliphatic carbocycles. The first-order valence-corrected chi connectivity index (χ1v) is 6.45. The molecule has 0 saturated carbocycles. The lowest BCUT2D eigenvalue weighted by molar-refractivity contribution is 0.102. The summed E-state index contributed by atoms with van der Waals surface area (Å²) in [5.74, 6) is -0.288. The van der Waals surface area contributed by atoms with E-state index in [1.165, 1.54) is 0 Å². The number of phenolic OH excluding ortho intramolecular Hbond substituents is 1. The summed E-state index contributed by atoms with van der Waals surface area (Å²) in [6.07, 6.45) is 0. The number of hydrogen-bond donors (Lipinski definition) is 3. The molecule has 0 fully saturated rings. The van der Waals surface area contributed by atoms with Crippen molar-refractivity contribution >= 4 is 11.6 Å². The van der Waals surface area contributed by atoms with Gasteiger partial charge in [-0.2, -0.15) is 0 Å². The maximum Gasteiger partial charge on any atom is 0.259 e. The van der Waals surface area contributed by atoms with Gasteiger partial charge in [0.05, 0.1) is 5.56 Å². The molecule has 0 saturated heterocycles. The van der Waals surface area contributed by atoms with Crippen LogP contribution in [0.2, 0.25) is 0 Å². The highest BCUT2D eigenvalue weighted by Crippen LogP contribution is 2.22. The van der Waals surface area contributed by atoms with Gasteiger partial charge in [0.25, 0.3) is 5.91 Å². The largest absolute Gasteiger partial charge is 0.507 e. The van der Waals surface area contributed by atoms with Crippen molar-refractivity contribution in [3.63, 3.8) is 0 Å². The molecule has 0 aliphatic rings. The van der Waals surface area contributed by atoms with Gasteiger partial charge in [0.1, 0.15) is 5.75 Å². The third-order valence-corrected chi connectivity index (χ3v) is 3.05. The lowest BCUT2D eigenvalue weighted by Gasteiger charge is -2.09. The molecular weight excluding hydrogens is 252 g/mol. The average molecular weight is 270 g/mol. The van der Waals surface area contributed by atoms with Crippen LogP contribution in [0.1, 0.15) is 21.5 Å². The molecule has 0 unspecified atom stereocenters. The molecule has 2 aromatic carbocycles. The topological polar surface area (TPSA) is 61.4 Å². The number of hydrogen-bond acceptors (Lipinski definition) is 3. The van der Waals surface area contributed by atoms with Crippen molar-refractivity contribution in [2.45, 2.75) is 13.5 Å². The Labute approximate surface area is 118 Å². The van der Waals surface area contributed by atoms with E-state index in [0.29, 0.717) is 11.3 Å². The van der Waals surface area contributed by atoms with E-state index in [9.17, 15) is 9.90 Å². The highest BCUT2D eigenvalue weighted by atomic mass is 16.3. The number of nitrogens with one attached hydrogen (secondary N) is 2. The normalized spacial score (nSPS) is 10.3. The predicted molar refractivity (Wildman–Crippen MR) is 80.0 cm³/mol. The van der Waals surface area contributed by atoms with Crippen LogP contribution in [0.25, 0.3) is 0 Å². The molecule has 0 radical (unpaired) electrons. The summed E-state index contributed by atoms with van der Waals surface area (Å²) in [6, 6.07) is 12.7. The minimum atomic E-state index is -0.312. The van der Waals surface area contributed by atoms with E-state index >= 15 is 0 Å². The van der Waals surface area contributed by atoms with E-state index < -0.39 is 0 Å². The second-order valence-electron chi connectivity index (χ2n) is 4.66. The van der Waals surface area contributed by atoms with Gasteiger partial charge >= 0.3 is 0 Å². The standard InChI is InChI=1S/C16H18N2O2/c1-11-5-3-8-14(15(11)19)16(20)18-13-7-4-6-12(9-13)10-17-2/h3-9,17,19H,10H2,1-2H3,(H,18,20). The fourth-order valence-corrected chi connectivity index (χ4v) is 2.00. The van der Waals surface area contributed by atoms with Crippen LogP contribution in [0.4, 0.5) is 5.69 Å². The summed E-state index contributed by atoms with van der Waals surface area (Å²) in [4.78, 5) is 12.2. The van der Waals surface area contributed by atoms with Crippen molar-refractivity contribution in [1.82, 2.24) is 5.32 Å². The second-order valence-corrected chi connectivity index (χ2v) is 4.66. The first-order valence-electron chi connectivity index (χ1n) is 6.45. The van der Waals surface area contributed by atoms with Crippen LogP contribution in [-0.2, 0) is 6.54 Å². The Morgan fingerprint density at radius 2 is 1.95 bits per heavy atom. The number of para-hydroxylation sites is 1. The Balaban J connectivity index is 2.19. The summed E-state index contributed by atoms with van der Waals surface area (Å²) < 4.78 is 0. The van der Waals surface area contributed by atoms with Crippen molar-refractivity contribution in [2.75, 3.05) is 12.4 Å². The summed E-state index contributed by atoms with van der Waals surface area (Å²) in [5, 5.41) is 15.8. The SMILES string of the molecule is CNCc1cccc(NC(=O)c2cccc(C)c2O)c1. The van der Waals surface area contributed by atoms with E-state index in [0.717, 1.165) is 12.1 Å². The van der Waals surface area contributed by atoms with Crippen LogP contribution in [0.15, 0.2) is 42.5 Å². The lowest BCUT2D eigenvalue weighted by atomic mass is 10.1. The van der Waals surface area contributed by atoms with E-state index in [1.807, 2.05) is 31.3 Å². The van der Waals surface area contributed by atoms with E-state index in [4.69, 9.17) is 0 Å². The zero-order chi connectivity index (χ0) is 14.5. The third kappa shape index (κ3) is 3.16. The van der Waals surface area contributed by atoms with Crippen LogP contribution < -0.4 is 10.6 Å². The maximum absolute atomic E-state index is 12.2. The number of carbonyl (C=O) groups is 1. The molecule has 104 valence electrons. The molecule has 2 rings (SSSR count). The number of anilines is 1. The first kappa shape index (κ1) is 14.1. The Hall–Kier alpha value is -2.33. The Morgan fingerprint density at radius 1 is 1.20 bits per heavy atom. The molecule has 0 aliphatic heterocycles. The van der Waals surface area contributed by atoms with Gasteiger partial charge in [0, 0.05) is 12.2 Å². The van der Waals surface area contributed by atoms with Crippen molar-refractivity contribution in [3.8, 4) is 5.75 Å². The molecule has 0 aromatic heterocycles. The molecule has 0 bridgehead atoms. The molecule has 0 spiro atoms. The van der Waals surface area contributed by atoms with Gasteiger partial charge < -0.3 is 15.7 Å². The highest BCUT2D eigenvalue weighted by molar-refractivity contribution is 6.06. The Bertz CT molecular complexity index is 624. The molecule has 0 heterocycles. The molecule has 20 heavy (non-hydrogen) atoms. The maximum atomic E-state index is 12.2. The molecular formula is C16H18N2O2. The third-order valence-electron chi connectivity index (χ3n) is 3.05. The van der Waals surface area contributed by atoms with Crippen LogP contribution >= 0.6 is 0 Å². The number of carbonyl (C=O) groups excluding carboxylic acids is 1. The highest BCUT2D eigenvalue weighted by Gasteiger charge is 2.12. The van der Waals surface area contributed by atoms with Crippen molar-refractivity contribution < 1.29 is 9.90 Å². The van der Waals surface area contributed by atoms with Crippen molar-refractivity contribution in [3.05, 3.63) is 59.2 Å².